The molecule has 0 fully saturated rings. The highest BCUT2D eigenvalue weighted by molar-refractivity contribution is 7.98. The molecule has 1 atom stereocenters. The average molecular weight is 224 g/mol. The highest BCUT2D eigenvalue weighted by Gasteiger charge is 2.10. The van der Waals surface area contributed by atoms with E-state index in [-0.39, 0.29) is 5.91 Å². The number of carbonyl (C=O) groups excluding carboxylic acids is 1. The van der Waals surface area contributed by atoms with E-state index in [1.165, 1.54) is 0 Å². The molecule has 1 aromatic carbocycles. The second-order valence-electron chi connectivity index (χ2n) is 3.24. The van der Waals surface area contributed by atoms with Crippen molar-refractivity contribution in [3.63, 3.8) is 0 Å². The maximum atomic E-state index is 11.5. The van der Waals surface area contributed by atoms with Crippen molar-refractivity contribution in [2.24, 2.45) is 5.73 Å². The van der Waals surface area contributed by atoms with Crippen LogP contribution in [0, 0.1) is 0 Å². The first kappa shape index (κ1) is 12.1. The van der Waals surface area contributed by atoms with E-state index in [1.54, 1.807) is 11.8 Å². The third-order valence-electron chi connectivity index (χ3n) is 2.11. The Morgan fingerprint density at radius 1 is 1.60 bits per heavy atom. The molecule has 0 unspecified atom stereocenters. The molecule has 1 rings (SSSR count). The fraction of sp³-hybridized carbons (Fsp3) is 0.364. The predicted octanol–water partition coefficient (Wildman–Crippen LogP) is 2.08. The van der Waals surface area contributed by atoms with Crippen molar-refractivity contribution in [1.82, 2.24) is 0 Å². The van der Waals surface area contributed by atoms with Crippen LogP contribution in [0.15, 0.2) is 29.2 Å². The van der Waals surface area contributed by atoms with Gasteiger partial charge in [-0.1, -0.05) is 13.0 Å². The van der Waals surface area contributed by atoms with Crippen LogP contribution < -0.4 is 11.1 Å². The van der Waals surface area contributed by atoms with Crippen molar-refractivity contribution in [3.05, 3.63) is 24.3 Å². The van der Waals surface area contributed by atoms with E-state index in [0.717, 1.165) is 10.6 Å². The molecule has 15 heavy (non-hydrogen) atoms. The van der Waals surface area contributed by atoms with Gasteiger partial charge in [-0.2, -0.15) is 0 Å². The predicted molar refractivity (Wildman–Crippen MR) is 65.1 cm³/mol. The molecule has 0 saturated carbocycles. The van der Waals surface area contributed by atoms with Crippen LogP contribution in [-0.2, 0) is 4.79 Å². The normalized spacial score (nSPS) is 12.2. The minimum Gasteiger partial charge on any atom is -0.325 e. The van der Waals surface area contributed by atoms with E-state index in [0.29, 0.717) is 6.42 Å². The van der Waals surface area contributed by atoms with Crippen LogP contribution in [0.25, 0.3) is 0 Å². The van der Waals surface area contributed by atoms with Crippen molar-refractivity contribution in [1.29, 1.82) is 0 Å². The van der Waals surface area contributed by atoms with Gasteiger partial charge in [0.1, 0.15) is 0 Å². The number of nitrogens with one attached hydrogen (secondary N) is 1. The van der Waals surface area contributed by atoms with Gasteiger partial charge in [-0.25, -0.2) is 0 Å². The molecule has 82 valence electrons. The van der Waals surface area contributed by atoms with Crippen LogP contribution in [-0.4, -0.2) is 18.2 Å². The Bertz CT molecular complexity index is 341. The van der Waals surface area contributed by atoms with Crippen LogP contribution in [0.1, 0.15) is 13.3 Å². The Kier molecular flexibility index (Phi) is 4.65. The lowest BCUT2D eigenvalue weighted by molar-refractivity contribution is -0.117. The van der Waals surface area contributed by atoms with Crippen molar-refractivity contribution < 1.29 is 4.79 Å². The van der Waals surface area contributed by atoms with Crippen molar-refractivity contribution in [2.75, 3.05) is 11.6 Å². The molecule has 3 N–H and O–H groups in total. The fourth-order valence-corrected chi connectivity index (χ4v) is 1.58. The summed E-state index contributed by atoms with van der Waals surface area (Å²) in [6.45, 7) is 1.89. The second kappa shape index (κ2) is 5.78. The number of hydrogen-bond acceptors (Lipinski definition) is 3. The molecule has 0 aliphatic heterocycles. The van der Waals surface area contributed by atoms with Gasteiger partial charge in [-0.3, -0.25) is 4.79 Å². The summed E-state index contributed by atoms with van der Waals surface area (Å²) in [7, 11) is 0. The molecule has 0 aliphatic rings. The monoisotopic (exact) mass is 224 g/mol. The molecular weight excluding hydrogens is 208 g/mol. The number of benzene rings is 1. The standard InChI is InChI=1S/C11H16N2OS/c1-3-10(12)11(14)13-8-5-4-6-9(7-8)15-2/h4-7,10H,3,12H2,1-2H3,(H,13,14)/t10-/m1/s1. The molecular formula is C11H16N2OS. The van der Waals surface area contributed by atoms with Crippen LogP contribution in [0.5, 0.6) is 0 Å². The summed E-state index contributed by atoms with van der Waals surface area (Å²) in [6, 6.07) is 7.28. The van der Waals surface area contributed by atoms with Gasteiger partial charge in [0.05, 0.1) is 6.04 Å². The average Bonchev–Trinajstić information content (AvgIpc) is 2.28. The number of carbonyl (C=O) groups is 1. The minimum absolute atomic E-state index is 0.129. The van der Waals surface area contributed by atoms with Gasteiger partial charge in [0.2, 0.25) is 5.91 Å². The zero-order chi connectivity index (χ0) is 11.3. The topological polar surface area (TPSA) is 55.1 Å². The highest BCUT2D eigenvalue weighted by Crippen LogP contribution is 2.18. The largest absolute Gasteiger partial charge is 0.325 e. The van der Waals surface area contributed by atoms with E-state index in [4.69, 9.17) is 5.73 Å². The lowest BCUT2D eigenvalue weighted by Gasteiger charge is -2.10. The Labute approximate surface area is 94.4 Å². The molecule has 0 bridgehead atoms. The Morgan fingerprint density at radius 3 is 2.93 bits per heavy atom. The molecule has 0 aliphatic carbocycles. The van der Waals surface area contributed by atoms with E-state index in [2.05, 4.69) is 5.32 Å². The van der Waals surface area contributed by atoms with Crippen molar-refractivity contribution in [3.8, 4) is 0 Å². The maximum Gasteiger partial charge on any atom is 0.241 e. The van der Waals surface area contributed by atoms with Gasteiger partial charge in [0, 0.05) is 10.6 Å². The number of thioether (sulfide) groups is 1. The summed E-state index contributed by atoms with van der Waals surface area (Å²) in [5, 5.41) is 2.79. The smallest absolute Gasteiger partial charge is 0.241 e. The quantitative estimate of drug-likeness (QED) is 0.770. The Balaban J connectivity index is 2.68. The number of rotatable bonds is 4. The first-order valence-electron chi connectivity index (χ1n) is 4.88. The number of nitrogens with two attached hydrogens (primary N) is 1. The SMILES string of the molecule is CC[C@@H](N)C(=O)Nc1cccc(SC)c1. The zero-order valence-electron chi connectivity index (χ0n) is 8.99. The van der Waals surface area contributed by atoms with E-state index < -0.39 is 6.04 Å². The fourth-order valence-electron chi connectivity index (χ4n) is 1.12. The van der Waals surface area contributed by atoms with Gasteiger partial charge in [0.15, 0.2) is 0 Å². The molecule has 3 nitrogen and oxygen atoms in total. The van der Waals surface area contributed by atoms with Crippen LogP contribution >= 0.6 is 11.8 Å². The number of amides is 1. The van der Waals surface area contributed by atoms with Gasteiger partial charge >= 0.3 is 0 Å². The molecule has 0 aromatic heterocycles. The molecule has 0 spiro atoms. The summed E-state index contributed by atoms with van der Waals surface area (Å²) in [6.07, 6.45) is 2.65. The third-order valence-corrected chi connectivity index (χ3v) is 2.84. The lowest BCUT2D eigenvalue weighted by atomic mass is 10.2. The van der Waals surface area contributed by atoms with Crippen LogP contribution in [0.4, 0.5) is 5.69 Å². The van der Waals surface area contributed by atoms with Crippen molar-refractivity contribution in [2.45, 2.75) is 24.3 Å². The van der Waals surface area contributed by atoms with E-state index >= 15 is 0 Å². The molecule has 0 heterocycles. The van der Waals surface area contributed by atoms with Crippen molar-refractivity contribution >= 4 is 23.4 Å². The van der Waals surface area contributed by atoms with Gasteiger partial charge in [-0.15, -0.1) is 11.8 Å². The second-order valence-corrected chi connectivity index (χ2v) is 4.12. The van der Waals surface area contributed by atoms with E-state index in [9.17, 15) is 4.79 Å². The summed E-state index contributed by atoms with van der Waals surface area (Å²) in [4.78, 5) is 12.6. The third kappa shape index (κ3) is 3.57. The summed E-state index contributed by atoms with van der Waals surface area (Å²) in [5.41, 5.74) is 6.42. The lowest BCUT2D eigenvalue weighted by Crippen LogP contribution is -2.34. The first-order valence-corrected chi connectivity index (χ1v) is 6.10. The molecule has 4 heteroatoms. The summed E-state index contributed by atoms with van der Waals surface area (Å²) in [5.74, 6) is -0.129. The molecule has 1 amide bonds. The maximum absolute atomic E-state index is 11.5. The van der Waals surface area contributed by atoms with Crippen LogP contribution in [0.2, 0.25) is 0 Å². The van der Waals surface area contributed by atoms with Gasteiger partial charge in [0.25, 0.3) is 0 Å². The molecule has 1 aromatic rings. The first-order chi connectivity index (χ1) is 7.17. The molecule has 0 radical (unpaired) electrons. The Hall–Kier alpha value is -1.00. The van der Waals surface area contributed by atoms with Gasteiger partial charge in [-0.05, 0) is 30.9 Å². The number of anilines is 1. The summed E-state index contributed by atoms with van der Waals surface area (Å²) < 4.78 is 0. The zero-order valence-corrected chi connectivity index (χ0v) is 9.80. The Morgan fingerprint density at radius 2 is 2.33 bits per heavy atom. The minimum atomic E-state index is -0.428. The van der Waals surface area contributed by atoms with Crippen LogP contribution in [0.3, 0.4) is 0 Å². The van der Waals surface area contributed by atoms with E-state index in [1.807, 2.05) is 37.4 Å². The molecule has 0 saturated heterocycles. The number of hydrogen-bond donors (Lipinski definition) is 2. The highest BCUT2D eigenvalue weighted by atomic mass is 32.2. The van der Waals surface area contributed by atoms with Gasteiger partial charge < -0.3 is 11.1 Å². The summed E-state index contributed by atoms with van der Waals surface area (Å²) >= 11 is 1.64.